The van der Waals surface area contributed by atoms with Crippen LogP contribution in [-0.4, -0.2) is 40.9 Å². The van der Waals surface area contributed by atoms with Gasteiger partial charge in [0.25, 0.3) is 5.91 Å². The fraction of sp³-hybridized carbons (Fsp3) is 0.583. The Balaban J connectivity index is 2.63. The van der Waals surface area contributed by atoms with E-state index in [1.807, 2.05) is 6.92 Å². The van der Waals surface area contributed by atoms with E-state index in [2.05, 4.69) is 22.2 Å². The van der Waals surface area contributed by atoms with Crippen molar-refractivity contribution in [2.75, 3.05) is 25.5 Å². The van der Waals surface area contributed by atoms with Crippen molar-refractivity contribution in [2.24, 2.45) is 0 Å². The average molecular weight is 236 g/mol. The molecule has 0 atom stereocenters. The quantitative estimate of drug-likeness (QED) is 0.818. The van der Waals surface area contributed by atoms with Crippen LogP contribution in [0.4, 0.5) is 5.82 Å². The van der Waals surface area contributed by atoms with E-state index in [0.29, 0.717) is 11.5 Å². The molecule has 0 fully saturated rings. The molecule has 1 aromatic rings. The van der Waals surface area contributed by atoms with Gasteiger partial charge in [-0.05, 0) is 12.8 Å². The molecular formula is C12H20N4O. The molecule has 1 amide bonds. The van der Waals surface area contributed by atoms with Gasteiger partial charge in [0.1, 0.15) is 11.5 Å². The minimum absolute atomic E-state index is 0.0820. The number of nitrogens with zero attached hydrogens (tertiary/aromatic N) is 3. The lowest BCUT2D eigenvalue weighted by Gasteiger charge is -2.15. The number of rotatable bonds is 6. The average Bonchev–Trinajstić information content (AvgIpc) is 2.36. The maximum atomic E-state index is 11.9. The molecule has 1 N–H and O–H groups in total. The molecule has 5 nitrogen and oxygen atoms in total. The summed E-state index contributed by atoms with van der Waals surface area (Å²) in [6.45, 7) is 5.71. The Labute approximate surface area is 102 Å². The van der Waals surface area contributed by atoms with Crippen molar-refractivity contribution in [2.45, 2.75) is 26.7 Å². The zero-order valence-electron chi connectivity index (χ0n) is 10.7. The molecule has 1 heterocycles. The molecule has 0 bridgehead atoms. The largest absolute Gasteiger partial charge is 0.369 e. The van der Waals surface area contributed by atoms with Crippen molar-refractivity contribution in [1.82, 2.24) is 14.9 Å². The summed E-state index contributed by atoms with van der Waals surface area (Å²) in [5.41, 5.74) is 0.392. The van der Waals surface area contributed by atoms with Crippen molar-refractivity contribution in [3.05, 3.63) is 18.1 Å². The smallest absolute Gasteiger partial charge is 0.273 e. The van der Waals surface area contributed by atoms with E-state index in [9.17, 15) is 4.79 Å². The van der Waals surface area contributed by atoms with Crippen LogP contribution in [0.1, 0.15) is 37.2 Å². The monoisotopic (exact) mass is 236 g/mol. The molecule has 0 aliphatic rings. The third kappa shape index (κ3) is 4.01. The molecule has 94 valence electrons. The second-order valence-corrected chi connectivity index (χ2v) is 3.94. The Bertz CT molecular complexity index is 350. The highest BCUT2D eigenvalue weighted by Gasteiger charge is 2.12. The summed E-state index contributed by atoms with van der Waals surface area (Å²) in [6.07, 6.45) is 5.09. The molecule has 1 aromatic heterocycles. The summed E-state index contributed by atoms with van der Waals surface area (Å²) in [4.78, 5) is 21.8. The number of hydrogen-bond donors (Lipinski definition) is 1. The lowest BCUT2D eigenvalue weighted by Crippen LogP contribution is -2.28. The molecule has 0 saturated heterocycles. The van der Waals surface area contributed by atoms with Crippen LogP contribution in [0.25, 0.3) is 0 Å². The molecule has 17 heavy (non-hydrogen) atoms. The zero-order chi connectivity index (χ0) is 12.7. The molecule has 1 rings (SSSR count). The van der Waals surface area contributed by atoms with Gasteiger partial charge >= 0.3 is 0 Å². The highest BCUT2D eigenvalue weighted by atomic mass is 16.2. The number of anilines is 1. The topological polar surface area (TPSA) is 58.1 Å². The second-order valence-electron chi connectivity index (χ2n) is 3.94. The maximum absolute atomic E-state index is 11.9. The lowest BCUT2D eigenvalue weighted by atomic mass is 10.3. The summed E-state index contributed by atoms with van der Waals surface area (Å²) in [7, 11) is 1.77. The molecule has 0 aromatic carbocycles. The molecule has 0 spiro atoms. The van der Waals surface area contributed by atoms with Gasteiger partial charge in [0, 0.05) is 20.1 Å². The van der Waals surface area contributed by atoms with Crippen molar-refractivity contribution >= 4 is 11.7 Å². The second kappa shape index (κ2) is 6.83. The summed E-state index contributed by atoms with van der Waals surface area (Å²) in [5, 5.41) is 3.12. The van der Waals surface area contributed by atoms with Gasteiger partial charge in [-0.1, -0.05) is 13.8 Å². The minimum Gasteiger partial charge on any atom is -0.369 e. The molecule has 0 aliphatic heterocycles. The van der Waals surface area contributed by atoms with E-state index in [0.717, 1.165) is 25.9 Å². The molecular weight excluding hydrogens is 216 g/mol. The zero-order valence-corrected chi connectivity index (χ0v) is 10.7. The van der Waals surface area contributed by atoms with Gasteiger partial charge in [0.15, 0.2) is 0 Å². The normalized spacial score (nSPS) is 10.1. The Morgan fingerprint density at radius 3 is 2.59 bits per heavy atom. The predicted molar refractivity (Wildman–Crippen MR) is 68.1 cm³/mol. The van der Waals surface area contributed by atoms with Gasteiger partial charge in [-0.3, -0.25) is 4.79 Å². The van der Waals surface area contributed by atoms with Crippen LogP contribution >= 0.6 is 0 Å². The van der Waals surface area contributed by atoms with Crippen molar-refractivity contribution in [3.8, 4) is 0 Å². The van der Waals surface area contributed by atoms with Crippen molar-refractivity contribution < 1.29 is 4.79 Å². The Morgan fingerprint density at radius 2 is 2.06 bits per heavy atom. The molecule has 0 aliphatic carbocycles. The van der Waals surface area contributed by atoms with Gasteiger partial charge in [-0.15, -0.1) is 0 Å². The van der Waals surface area contributed by atoms with E-state index in [1.165, 1.54) is 6.20 Å². The van der Waals surface area contributed by atoms with Crippen LogP contribution < -0.4 is 5.32 Å². The summed E-state index contributed by atoms with van der Waals surface area (Å²) >= 11 is 0. The van der Waals surface area contributed by atoms with E-state index in [1.54, 1.807) is 18.1 Å². The third-order valence-electron chi connectivity index (χ3n) is 2.33. The number of carbonyl (C=O) groups excluding carboxylic acids is 1. The van der Waals surface area contributed by atoms with E-state index in [4.69, 9.17) is 0 Å². The van der Waals surface area contributed by atoms with Crippen LogP contribution in [0.2, 0.25) is 0 Å². The molecule has 5 heteroatoms. The van der Waals surface area contributed by atoms with Gasteiger partial charge < -0.3 is 10.2 Å². The Kier molecular flexibility index (Phi) is 5.39. The number of amides is 1. The van der Waals surface area contributed by atoms with Crippen LogP contribution in [0, 0.1) is 0 Å². The molecule has 0 saturated carbocycles. The first-order valence-electron chi connectivity index (χ1n) is 6.00. The van der Waals surface area contributed by atoms with Crippen molar-refractivity contribution in [1.29, 1.82) is 0 Å². The van der Waals surface area contributed by atoms with E-state index >= 15 is 0 Å². The van der Waals surface area contributed by atoms with Crippen LogP contribution in [0.3, 0.4) is 0 Å². The van der Waals surface area contributed by atoms with Crippen LogP contribution in [-0.2, 0) is 0 Å². The number of nitrogens with one attached hydrogen (secondary N) is 1. The maximum Gasteiger partial charge on any atom is 0.273 e. The lowest BCUT2D eigenvalue weighted by molar-refractivity contribution is 0.0789. The third-order valence-corrected chi connectivity index (χ3v) is 2.33. The first kappa shape index (κ1) is 13.4. The van der Waals surface area contributed by atoms with Crippen LogP contribution in [0.15, 0.2) is 12.4 Å². The van der Waals surface area contributed by atoms with Gasteiger partial charge in [0.2, 0.25) is 0 Å². The standard InChI is InChI=1S/C12H20N4O/c1-4-6-13-11-9-14-10(8-15-11)12(17)16(3)7-5-2/h8-9H,4-7H2,1-3H3,(H,13,15). The molecule has 0 unspecified atom stereocenters. The first-order valence-corrected chi connectivity index (χ1v) is 6.00. The summed E-state index contributed by atoms with van der Waals surface area (Å²) in [6, 6.07) is 0. The Morgan fingerprint density at radius 1 is 1.29 bits per heavy atom. The summed E-state index contributed by atoms with van der Waals surface area (Å²) in [5.74, 6) is 0.628. The molecule has 0 radical (unpaired) electrons. The number of aromatic nitrogens is 2. The Hall–Kier alpha value is -1.65. The van der Waals surface area contributed by atoms with Gasteiger partial charge in [-0.2, -0.15) is 0 Å². The SMILES string of the molecule is CCCNc1cnc(C(=O)N(C)CCC)cn1. The van der Waals surface area contributed by atoms with Crippen molar-refractivity contribution in [3.63, 3.8) is 0 Å². The minimum atomic E-state index is -0.0820. The fourth-order valence-corrected chi connectivity index (χ4v) is 1.42. The first-order chi connectivity index (χ1) is 8.19. The van der Waals surface area contributed by atoms with Crippen LogP contribution in [0.5, 0.6) is 0 Å². The fourth-order valence-electron chi connectivity index (χ4n) is 1.42. The number of hydrogen-bond acceptors (Lipinski definition) is 4. The van der Waals surface area contributed by atoms with Gasteiger partial charge in [0.05, 0.1) is 12.4 Å². The highest BCUT2D eigenvalue weighted by molar-refractivity contribution is 5.91. The van der Waals surface area contributed by atoms with E-state index in [-0.39, 0.29) is 5.91 Å². The van der Waals surface area contributed by atoms with E-state index < -0.39 is 0 Å². The highest BCUT2D eigenvalue weighted by Crippen LogP contribution is 2.04. The number of carbonyl (C=O) groups is 1. The summed E-state index contributed by atoms with van der Waals surface area (Å²) < 4.78 is 0. The van der Waals surface area contributed by atoms with Gasteiger partial charge in [-0.25, -0.2) is 9.97 Å². The predicted octanol–water partition coefficient (Wildman–Crippen LogP) is 1.78.